The van der Waals surface area contributed by atoms with Crippen molar-refractivity contribution < 1.29 is 27.5 Å². The summed E-state index contributed by atoms with van der Waals surface area (Å²) in [7, 11) is -1.51. The first-order valence-electron chi connectivity index (χ1n) is 13.9. The van der Waals surface area contributed by atoms with Crippen molar-refractivity contribution >= 4 is 62.3 Å². The molecule has 0 bridgehead atoms. The van der Waals surface area contributed by atoms with Gasteiger partial charge < -0.3 is 19.7 Å². The lowest BCUT2D eigenvalue weighted by molar-refractivity contribution is -0.140. The zero-order chi connectivity index (χ0) is 32.6. The van der Waals surface area contributed by atoms with Crippen LogP contribution < -0.4 is 19.1 Å². The molecular formula is C31H36Cl3N3O6S. The minimum absolute atomic E-state index is 0.0208. The molecular weight excluding hydrogens is 649 g/mol. The second-order valence-corrected chi connectivity index (χ2v) is 13.1. The molecule has 3 rings (SSSR count). The van der Waals surface area contributed by atoms with Crippen molar-refractivity contribution in [3.8, 4) is 11.5 Å². The first-order chi connectivity index (χ1) is 20.9. The van der Waals surface area contributed by atoms with Gasteiger partial charge in [-0.05, 0) is 73.9 Å². The third-order valence-corrected chi connectivity index (χ3v) is 9.82. The van der Waals surface area contributed by atoms with Gasteiger partial charge in [0.1, 0.15) is 12.6 Å². The Bertz CT molecular complexity index is 1570. The molecule has 9 nitrogen and oxygen atoms in total. The van der Waals surface area contributed by atoms with Gasteiger partial charge in [-0.25, -0.2) is 8.42 Å². The van der Waals surface area contributed by atoms with Crippen LogP contribution in [0.3, 0.4) is 0 Å². The molecule has 2 atom stereocenters. The summed E-state index contributed by atoms with van der Waals surface area (Å²) in [4.78, 5) is 28.9. The average Bonchev–Trinajstić information content (AvgIpc) is 3.01. The number of hydrogen-bond acceptors (Lipinski definition) is 6. The van der Waals surface area contributed by atoms with E-state index in [1.54, 1.807) is 25.1 Å². The van der Waals surface area contributed by atoms with E-state index in [0.717, 1.165) is 4.31 Å². The van der Waals surface area contributed by atoms with Crippen LogP contribution in [0.4, 0.5) is 5.69 Å². The molecule has 13 heteroatoms. The van der Waals surface area contributed by atoms with E-state index in [-0.39, 0.29) is 46.3 Å². The summed E-state index contributed by atoms with van der Waals surface area (Å²) < 4.78 is 39.9. The quantitative estimate of drug-likeness (QED) is 0.206. The normalized spacial score (nSPS) is 12.6. The Morgan fingerprint density at radius 1 is 0.864 bits per heavy atom. The smallest absolute Gasteiger partial charge is 0.264 e. The standard InChI is InChI=1S/C31H36Cl3N3O6S/c1-6-20(3)35-31(39)27(7-2)36(18-21-8-14-25(33)26(34)16-21)30(38)19-37(23-11-9-22(32)10-12-23)44(40,41)24-13-15-28(42-4)29(17-24)43-5/h8-17,20,27H,6-7,18-19H2,1-5H3,(H,35,39)/t20-,27+/m0/s1. The Morgan fingerprint density at radius 3 is 2.09 bits per heavy atom. The first kappa shape index (κ1) is 35.3. The number of benzene rings is 3. The highest BCUT2D eigenvalue weighted by Crippen LogP contribution is 2.33. The van der Waals surface area contributed by atoms with Gasteiger partial charge in [-0.1, -0.05) is 54.7 Å². The van der Waals surface area contributed by atoms with Crippen LogP contribution in [0.1, 0.15) is 39.2 Å². The maximum atomic E-state index is 14.2. The van der Waals surface area contributed by atoms with Gasteiger partial charge in [-0.2, -0.15) is 0 Å². The Hall–Kier alpha value is -3.18. The van der Waals surface area contributed by atoms with E-state index < -0.39 is 28.5 Å². The predicted octanol–water partition coefficient (Wildman–Crippen LogP) is 6.58. The van der Waals surface area contributed by atoms with Crippen molar-refractivity contribution in [2.75, 3.05) is 25.1 Å². The number of carbonyl (C=O) groups is 2. The van der Waals surface area contributed by atoms with E-state index in [0.29, 0.717) is 27.8 Å². The van der Waals surface area contributed by atoms with E-state index in [1.165, 1.54) is 61.6 Å². The fourth-order valence-corrected chi connectivity index (χ4v) is 6.31. The maximum absolute atomic E-state index is 14.2. The fourth-order valence-electron chi connectivity index (χ4n) is 4.44. The molecule has 3 aromatic rings. The van der Waals surface area contributed by atoms with Crippen LogP contribution >= 0.6 is 34.8 Å². The van der Waals surface area contributed by atoms with Gasteiger partial charge in [-0.15, -0.1) is 0 Å². The van der Waals surface area contributed by atoms with Crippen molar-refractivity contribution in [3.63, 3.8) is 0 Å². The molecule has 0 aliphatic carbocycles. The molecule has 0 fully saturated rings. The number of sulfonamides is 1. The van der Waals surface area contributed by atoms with Crippen molar-refractivity contribution in [2.24, 2.45) is 0 Å². The number of nitrogens with zero attached hydrogens (tertiary/aromatic N) is 2. The third kappa shape index (κ3) is 8.50. The largest absolute Gasteiger partial charge is 0.493 e. The SMILES string of the molecule is CC[C@H](C(=O)N[C@@H](C)CC)N(Cc1ccc(Cl)c(Cl)c1)C(=O)CN(c1ccc(Cl)cc1)S(=O)(=O)c1ccc(OC)c(OC)c1. The van der Waals surface area contributed by atoms with Crippen molar-refractivity contribution in [3.05, 3.63) is 81.3 Å². The summed E-state index contributed by atoms with van der Waals surface area (Å²) in [5.74, 6) is -0.422. The van der Waals surface area contributed by atoms with Crippen LogP contribution in [0.5, 0.6) is 11.5 Å². The lowest BCUT2D eigenvalue weighted by Gasteiger charge is -2.33. The lowest BCUT2D eigenvalue weighted by Crippen LogP contribution is -2.53. The van der Waals surface area contributed by atoms with Crippen LogP contribution in [-0.2, 0) is 26.2 Å². The summed E-state index contributed by atoms with van der Waals surface area (Å²) in [6.45, 7) is 4.95. The molecule has 0 saturated heterocycles. The molecule has 0 heterocycles. The van der Waals surface area contributed by atoms with Gasteiger partial charge >= 0.3 is 0 Å². The van der Waals surface area contributed by atoms with E-state index in [2.05, 4.69) is 5.32 Å². The maximum Gasteiger partial charge on any atom is 0.264 e. The summed E-state index contributed by atoms with van der Waals surface area (Å²) in [6.07, 6.45) is 0.968. The number of hydrogen-bond donors (Lipinski definition) is 1. The molecule has 0 radical (unpaired) electrons. The van der Waals surface area contributed by atoms with Crippen molar-refractivity contribution in [1.29, 1.82) is 0 Å². The number of rotatable bonds is 14. The number of amides is 2. The number of ether oxygens (including phenoxy) is 2. The van der Waals surface area contributed by atoms with E-state index in [1.807, 2.05) is 13.8 Å². The van der Waals surface area contributed by atoms with Crippen LogP contribution in [0.25, 0.3) is 0 Å². The van der Waals surface area contributed by atoms with Crippen LogP contribution in [0.15, 0.2) is 65.6 Å². The molecule has 0 saturated carbocycles. The average molecular weight is 685 g/mol. The van der Waals surface area contributed by atoms with E-state index in [4.69, 9.17) is 44.3 Å². The Balaban J connectivity index is 2.11. The molecule has 0 spiro atoms. The van der Waals surface area contributed by atoms with Gasteiger partial charge in [0.05, 0.1) is 34.8 Å². The van der Waals surface area contributed by atoms with E-state index in [9.17, 15) is 18.0 Å². The molecule has 238 valence electrons. The number of anilines is 1. The van der Waals surface area contributed by atoms with Crippen LogP contribution in [-0.4, -0.2) is 58.0 Å². The molecule has 1 N–H and O–H groups in total. The Kier molecular flexibility index (Phi) is 12.6. The number of halogens is 3. The zero-order valence-electron chi connectivity index (χ0n) is 25.1. The molecule has 0 aromatic heterocycles. The highest BCUT2D eigenvalue weighted by Gasteiger charge is 2.34. The molecule has 3 aromatic carbocycles. The summed E-state index contributed by atoms with van der Waals surface area (Å²) in [5.41, 5.74) is 0.812. The van der Waals surface area contributed by atoms with Crippen molar-refractivity contribution in [1.82, 2.24) is 10.2 Å². The topological polar surface area (TPSA) is 105 Å². The zero-order valence-corrected chi connectivity index (χ0v) is 28.2. The summed E-state index contributed by atoms with van der Waals surface area (Å²) in [5, 5.41) is 3.95. The Labute approximate surface area is 274 Å². The highest BCUT2D eigenvalue weighted by atomic mass is 35.5. The van der Waals surface area contributed by atoms with Gasteiger partial charge in [0.25, 0.3) is 10.0 Å². The third-order valence-electron chi connectivity index (χ3n) is 7.06. The van der Waals surface area contributed by atoms with Gasteiger partial charge in [0.15, 0.2) is 11.5 Å². The van der Waals surface area contributed by atoms with Gasteiger partial charge in [-0.3, -0.25) is 13.9 Å². The summed E-state index contributed by atoms with van der Waals surface area (Å²) in [6, 6.07) is 14.1. The van der Waals surface area contributed by atoms with Crippen molar-refractivity contribution in [2.45, 2.75) is 57.1 Å². The fraction of sp³-hybridized carbons (Fsp3) is 0.355. The lowest BCUT2D eigenvalue weighted by atomic mass is 10.1. The summed E-state index contributed by atoms with van der Waals surface area (Å²) >= 11 is 18.5. The number of methoxy groups -OCH3 is 2. The molecule has 0 aliphatic heterocycles. The number of nitrogens with one attached hydrogen (secondary N) is 1. The predicted molar refractivity (Wildman–Crippen MR) is 175 cm³/mol. The second-order valence-electron chi connectivity index (χ2n) is 10.0. The minimum atomic E-state index is -4.35. The molecule has 0 unspecified atom stereocenters. The molecule has 2 amide bonds. The molecule has 0 aliphatic rings. The second kappa shape index (κ2) is 15.7. The van der Waals surface area contributed by atoms with Gasteiger partial charge in [0, 0.05) is 23.7 Å². The van der Waals surface area contributed by atoms with E-state index >= 15 is 0 Å². The highest BCUT2D eigenvalue weighted by molar-refractivity contribution is 7.92. The van der Waals surface area contributed by atoms with Gasteiger partial charge in [0.2, 0.25) is 11.8 Å². The van der Waals surface area contributed by atoms with Crippen LogP contribution in [0.2, 0.25) is 15.1 Å². The first-order valence-corrected chi connectivity index (χ1v) is 16.5. The monoisotopic (exact) mass is 683 g/mol. The minimum Gasteiger partial charge on any atom is -0.493 e. The number of carbonyl (C=O) groups excluding carboxylic acids is 2. The van der Waals surface area contributed by atoms with Crippen LogP contribution in [0, 0.1) is 0 Å². The Morgan fingerprint density at radius 2 is 1.52 bits per heavy atom. The molecule has 44 heavy (non-hydrogen) atoms.